The van der Waals surface area contributed by atoms with E-state index in [1.54, 1.807) is 13.3 Å². The quantitative estimate of drug-likeness (QED) is 0.598. The predicted octanol–water partition coefficient (Wildman–Crippen LogP) is 0.768. The Morgan fingerprint density at radius 1 is 1.39 bits per heavy atom. The van der Waals surface area contributed by atoms with Gasteiger partial charge in [-0.2, -0.15) is 0 Å². The Morgan fingerprint density at radius 3 is 2.87 bits per heavy atom. The number of amides is 1. The number of aromatic nitrogens is 1. The Bertz CT molecular complexity index is 541. The van der Waals surface area contributed by atoms with Crippen LogP contribution in [0.3, 0.4) is 0 Å². The molecule has 126 valence electrons. The molecule has 1 aliphatic rings. The number of hydrogen-bond acceptors (Lipinski definition) is 4. The van der Waals surface area contributed by atoms with Crippen LogP contribution in [0.1, 0.15) is 25.3 Å². The van der Waals surface area contributed by atoms with Gasteiger partial charge in [0.25, 0.3) is 0 Å². The molecular formula is C16H25N5O2. The summed E-state index contributed by atoms with van der Waals surface area (Å²) in [6.45, 7) is 5.23. The Balaban J connectivity index is 1.89. The second kappa shape index (κ2) is 8.97. The normalized spacial score (nSPS) is 14.7. The average molecular weight is 319 g/mol. The van der Waals surface area contributed by atoms with Crippen molar-refractivity contribution < 1.29 is 9.53 Å². The Hall–Kier alpha value is -2.31. The second-order valence-electron chi connectivity index (χ2n) is 5.34. The van der Waals surface area contributed by atoms with Gasteiger partial charge in [-0.1, -0.05) is 0 Å². The third kappa shape index (κ3) is 5.43. The van der Waals surface area contributed by atoms with Gasteiger partial charge in [-0.15, -0.1) is 0 Å². The van der Waals surface area contributed by atoms with Crippen molar-refractivity contribution in [3.05, 3.63) is 23.9 Å². The lowest BCUT2D eigenvalue weighted by Crippen LogP contribution is -2.44. The SMILES string of the molecule is CCNC(=NCc1ccnc(OC)c1)NCC(=O)N1CCCC1. The first-order valence-corrected chi connectivity index (χ1v) is 8.01. The molecule has 0 atom stereocenters. The molecular weight excluding hydrogens is 294 g/mol. The standard InChI is InChI=1S/C16H25N5O2/c1-3-17-16(20-12-15(22)21-8-4-5-9-21)19-11-13-6-7-18-14(10-13)23-2/h6-7,10H,3-5,8-9,11-12H2,1-2H3,(H2,17,19,20). The highest BCUT2D eigenvalue weighted by Crippen LogP contribution is 2.09. The molecule has 0 unspecified atom stereocenters. The molecule has 1 aliphatic heterocycles. The summed E-state index contributed by atoms with van der Waals surface area (Å²) in [6.07, 6.45) is 3.90. The third-order valence-electron chi connectivity index (χ3n) is 3.64. The van der Waals surface area contributed by atoms with Gasteiger partial charge in [-0.05, 0) is 31.4 Å². The number of carbonyl (C=O) groups is 1. The van der Waals surface area contributed by atoms with Gasteiger partial charge >= 0.3 is 0 Å². The largest absolute Gasteiger partial charge is 0.481 e. The highest BCUT2D eigenvalue weighted by molar-refractivity contribution is 5.86. The van der Waals surface area contributed by atoms with Crippen LogP contribution in [0.2, 0.25) is 0 Å². The summed E-state index contributed by atoms with van der Waals surface area (Å²) in [7, 11) is 1.59. The van der Waals surface area contributed by atoms with Gasteiger partial charge in [0.2, 0.25) is 11.8 Å². The van der Waals surface area contributed by atoms with Crippen LogP contribution >= 0.6 is 0 Å². The molecule has 1 amide bonds. The number of methoxy groups -OCH3 is 1. The molecule has 1 aromatic heterocycles. The minimum Gasteiger partial charge on any atom is -0.481 e. The number of guanidine groups is 1. The zero-order valence-corrected chi connectivity index (χ0v) is 13.8. The first-order chi connectivity index (χ1) is 11.2. The van der Waals surface area contributed by atoms with E-state index < -0.39 is 0 Å². The summed E-state index contributed by atoms with van der Waals surface area (Å²) in [5.74, 6) is 1.33. The minimum atomic E-state index is 0.124. The molecule has 0 aliphatic carbocycles. The minimum absolute atomic E-state index is 0.124. The Morgan fingerprint density at radius 2 is 2.17 bits per heavy atom. The highest BCUT2D eigenvalue weighted by Gasteiger charge is 2.17. The fourth-order valence-corrected chi connectivity index (χ4v) is 2.41. The lowest BCUT2D eigenvalue weighted by Gasteiger charge is -2.17. The summed E-state index contributed by atoms with van der Waals surface area (Å²) in [4.78, 5) is 22.5. The summed E-state index contributed by atoms with van der Waals surface area (Å²) in [5, 5.41) is 6.25. The predicted molar refractivity (Wildman–Crippen MR) is 89.4 cm³/mol. The van der Waals surface area contributed by atoms with E-state index >= 15 is 0 Å². The van der Waals surface area contributed by atoms with Crippen molar-refractivity contribution in [3.63, 3.8) is 0 Å². The molecule has 0 saturated carbocycles. The van der Waals surface area contributed by atoms with Crippen molar-refractivity contribution in [2.24, 2.45) is 4.99 Å². The van der Waals surface area contributed by atoms with E-state index in [0.717, 1.165) is 38.0 Å². The van der Waals surface area contributed by atoms with Gasteiger partial charge in [0.15, 0.2) is 5.96 Å². The van der Waals surface area contributed by atoms with Crippen molar-refractivity contribution in [2.75, 3.05) is 33.3 Å². The van der Waals surface area contributed by atoms with Crippen LogP contribution in [-0.4, -0.2) is 55.0 Å². The third-order valence-corrected chi connectivity index (χ3v) is 3.64. The van der Waals surface area contributed by atoms with Gasteiger partial charge in [0.05, 0.1) is 20.2 Å². The van der Waals surface area contributed by atoms with E-state index in [1.165, 1.54) is 0 Å². The number of nitrogens with zero attached hydrogens (tertiary/aromatic N) is 3. The van der Waals surface area contributed by atoms with Crippen LogP contribution in [0.5, 0.6) is 5.88 Å². The lowest BCUT2D eigenvalue weighted by molar-refractivity contribution is -0.128. The number of rotatable bonds is 6. The molecule has 7 nitrogen and oxygen atoms in total. The van der Waals surface area contributed by atoms with Gasteiger partial charge in [-0.25, -0.2) is 9.98 Å². The fourth-order valence-electron chi connectivity index (χ4n) is 2.41. The van der Waals surface area contributed by atoms with Gasteiger partial charge in [-0.3, -0.25) is 4.79 Å². The fraction of sp³-hybridized carbons (Fsp3) is 0.562. The molecule has 0 spiro atoms. The van der Waals surface area contributed by atoms with Gasteiger partial charge in [0.1, 0.15) is 0 Å². The molecule has 2 rings (SSSR count). The molecule has 1 fully saturated rings. The zero-order chi connectivity index (χ0) is 16.5. The van der Waals surface area contributed by atoms with E-state index in [4.69, 9.17) is 4.74 Å². The summed E-state index contributed by atoms with van der Waals surface area (Å²) < 4.78 is 5.10. The first kappa shape index (κ1) is 17.1. The number of hydrogen-bond donors (Lipinski definition) is 2. The first-order valence-electron chi connectivity index (χ1n) is 8.01. The molecule has 2 N–H and O–H groups in total. The van der Waals surface area contributed by atoms with Crippen molar-refractivity contribution in [1.29, 1.82) is 0 Å². The maximum atomic E-state index is 12.1. The molecule has 0 radical (unpaired) electrons. The second-order valence-corrected chi connectivity index (χ2v) is 5.34. The number of carbonyl (C=O) groups excluding carboxylic acids is 1. The molecule has 2 heterocycles. The van der Waals surface area contributed by atoms with Gasteiger partial charge < -0.3 is 20.3 Å². The summed E-state index contributed by atoms with van der Waals surface area (Å²) >= 11 is 0. The van der Waals surface area contributed by atoms with Crippen molar-refractivity contribution in [1.82, 2.24) is 20.5 Å². The van der Waals surface area contributed by atoms with Crippen LogP contribution in [0.4, 0.5) is 0 Å². The van der Waals surface area contributed by atoms with Crippen LogP contribution in [0, 0.1) is 0 Å². The van der Waals surface area contributed by atoms with E-state index in [0.29, 0.717) is 18.4 Å². The van der Waals surface area contributed by atoms with E-state index in [9.17, 15) is 4.79 Å². The van der Waals surface area contributed by atoms with Crippen LogP contribution in [0.15, 0.2) is 23.3 Å². The topological polar surface area (TPSA) is 78.9 Å². The van der Waals surface area contributed by atoms with E-state index in [2.05, 4.69) is 20.6 Å². The number of pyridine rings is 1. The molecule has 0 bridgehead atoms. The highest BCUT2D eigenvalue weighted by atomic mass is 16.5. The summed E-state index contributed by atoms with van der Waals surface area (Å²) in [5.41, 5.74) is 1.000. The summed E-state index contributed by atoms with van der Waals surface area (Å²) in [6, 6.07) is 3.74. The number of likely N-dealkylation sites (tertiary alicyclic amines) is 1. The number of nitrogens with one attached hydrogen (secondary N) is 2. The van der Waals surface area contributed by atoms with Crippen molar-refractivity contribution in [2.45, 2.75) is 26.3 Å². The molecule has 1 saturated heterocycles. The van der Waals surface area contributed by atoms with Crippen LogP contribution in [-0.2, 0) is 11.3 Å². The van der Waals surface area contributed by atoms with Crippen molar-refractivity contribution in [3.8, 4) is 5.88 Å². The smallest absolute Gasteiger partial charge is 0.241 e. The average Bonchev–Trinajstić information content (AvgIpc) is 3.12. The van der Waals surface area contributed by atoms with E-state index in [-0.39, 0.29) is 12.5 Å². The van der Waals surface area contributed by atoms with Crippen LogP contribution in [0.25, 0.3) is 0 Å². The maximum Gasteiger partial charge on any atom is 0.241 e. The van der Waals surface area contributed by atoms with Gasteiger partial charge in [0, 0.05) is 31.9 Å². The van der Waals surface area contributed by atoms with E-state index in [1.807, 2.05) is 24.0 Å². The molecule has 0 aromatic carbocycles. The Kier molecular flexibility index (Phi) is 6.65. The number of aliphatic imine (C=N–C) groups is 1. The molecule has 1 aromatic rings. The zero-order valence-electron chi connectivity index (χ0n) is 13.8. The monoisotopic (exact) mass is 319 g/mol. The lowest BCUT2D eigenvalue weighted by atomic mass is 10.3. The Labute approximate surface area is 137 Å². The van der Waals surface area contributed by atoms with Crippen LogP contribution < -0.4 is 15.4 Å². The molecule has 7 heteroatoms. The maximum absolute atomic E-state index is 12.1. The number of ether oxygens (including phenoxy) is 1. The van der Waals surface area contributed by atoms with Crippen molar-refractivity contribution >= 4 is 11.9 Å². The molecule has 23 heavy (non-hydrogen) atoms.